The molecule has 0 aliphatic carbocycles. The minimum absolute atomic E-state index is 0.00861. The second-order valence-electron chi connectivity index (χ2n) is 9.73. The Morgan fingerprint density at radius 3 is 2.44 bits per heavy atom. The number of hydrogen-bond acceptors (Lipinski definition) is 7. The summed E-state index contributed by atoms with van der Waals surface area (Å²) < 4.78 is 46.3. The maximum atomic E-state index is 13.7. The normalized spacial score (nSPS) is 13.7. The Balaban J connectivity index is 1.39. The molecule has 0 saturated carbocycles. The highest BCUT2D eigenvalue weighted by Crippen LogP contribution is 2.32. The van der Waals surface area contributed by atoms with Crippen LogP contribution in [-0.2, 0) is 23.8 Å². The number of rotatable bonds is 10. The largest absolute Gasteiger partial charge is 0.449 e. The first-order valence-electron chi connectivity index (χ1n) is 13.5. The summed E-state index contributed by atoms with van der Waals surface area (Å²) in [6, 6.07) is 13.9. The Hall–Kier alpha value is -4.35. The van der Waals surface area contributed by atoms with Gasteiger partial charge in [-0.3, -0.25) is 4.79 Å². The predicted molar refractivity (Wildman–Crippen MR) is 149 cm³/mol. The number of nitrogens with zero attached hydrogens (tertiary/aromatic N) is 4. The monoisotopic (exact) mass is 570 g/mol. The maximum Gasteiger partial charge on any atom is 0.419 e. The van der Waals surface area contributed by atoms with Gasteiger partial charge in [0.25, 0.3) is 0 Å². The van der Waals surface area contributed by atoms with Gasteiger partial charge in [0, 0.05) is 49.3 Å². The van der Waals surface area contributed by atoms with Crippen LogP contribution in [0.25, 0.3) is 0 Å². The van der Waals surface area contributed by atoms with Gasteiger partial charge in [-0.15, -0.1) is 0 Å². The smallest absolute Gasteiger partial charge is 0.419 e. The molecular formula is C29H33F3N6O3. The number of aryl methyl sites for hydroxylation is 2. The molecule has 0 unspecified atom stereocenters. The fourth-order valence-corrected chi connectivity index (χ4v) is 4.47. The number of alkyl halides is 3. The number of carbonyl (C=O) groups is 2. The van der Waals surface area contributed by atoms with Crippen LogP contribution in [0.2, 0.25) is 0 Å². The van der Waals surface area contributed by atoms with Gasteiger partial charge in [0.2, 0.25) is 11.9 Å². The van der Waals surface area contributed by atoms with Gasteiger partial charge in [-0.25, -0.2) is 14.8 Å². The summed E-state index contributed by atoms with van der Waals surface area (Å²) in [5.41, 5.74) is 6.80. The molecule has 1 fully saturated rings. The average molecular weight is 571 g/mol. The molecule has 0 atom stereocenters. The molecule has 2 amide bonds. The molecule has 41 heavy (non-hydrogen) atoms. The van der Waals surface area contributed by atoms with E-state index >= 15 is 0 Å². The molecule has 4 rings (SSSR count). The van der Waals surface area contributed by atoms with Crippen LogP contribution in [0.1, 0.15) is 46.9 Å². The molecule has 3 N–H and O–H groups in total. The fourth-order valence-electron chi connectivity index (χ4n) is 4.47. The lowest BCUT2D eigenvalue weighted by Crippen LogP contribution is -2.49. The van der Waals surface area contributed by atoms with Crippen molar-refractivity contribution in [1.29, 1.82) is 0 Å². The van der Waals surface area contributed by atoms with Crippen molar-refractivity contribution < 1.29 is 27.5 Å². The summed E-state index contributed by atoms with van der Waals surface area (Å²) in [6.07, 6.45) is -2.07. The first kappa shape index (κ1) is 29.6. The molecule has 2 heterocycles. The van der Waals surface area contributed by atoms with Crippen molar-refractivity contribution in [2.75, 3.05) is 43.0 Å². The average Bonchev–Trinajstić information content (AvgIpc) is 2.96. The third-order valence-electron chi connectivity index (χ3n) is 6.78. The van der Waals surface area contributed by atoms with Gasteiger partial charge in [-0.1, -0.05) is 25.5 Å². The number of aromatic nitrogens is 2. The van der Waals surface area contributed by atoms with E-state index in [1.54, 1.807) is 41.3 Å². The van der Waals surface area contributed by atoms with Gasteiger partial charge in [0.05, 0.1) is 17.9 Å². The van der Waals surface area contributed by atoms with E-state index in [9.17, 15) is 22.8 Å². The van der Waals surface area contributed by atoms with Crippen molar-refractivity contribution in [3.8, 4) is 0 Å². The van der Waals surface area contributed by atoms with Crippen molar-refractivity contribution in [2.45, 2.75) is 38.8 Å². The summed E-state index contributed by atoms with van der Waals surface area (Å²) >= 11 is 0. The van der Waals surface area contributed by atoms with Crippen LogP contribution in [-0.4, -0.2) is 59.7 Å². The van der Waals surface area contributed by atoms with Gasteiger partial charge in [-0.2, -0.15) is 13.2 Å². The number of benzene rings is 2. The molecule has 0 bridgehead atoms. The van der Waals surface area contributed by atoms with Gasteiger partial charge in [0.15, 0.2) is 0 Å². The van der Waals surface area contributed by atoms with Gasteiger partial charge >= 0.3 is 12.3 Å². The first-order valence-corrected chi connectivity index (χ1v) is 13.5. The molecule has 1 aliphatic heterocycles. The number of anilines is 3. The Morgan fingerprint density at radius 2 is 1.78 bits per heavy atom. The summed E-state index contributed by atoms with van der Waals surface area (Å²) in [7, 11) is 0. The number of hydrogen-bond donors (Lipinski definition) is 2. The summed E-state index contributed by atoms with van der Waals surface area (Å²) in [6.45, 7) is 4.89. The standard InChI is InChI=1S/C29H33F3N6O3/c1-2-3-17-41-28(40)38-15-13-37(14-16-38)23-10-8-22(9-11-23)35-27-34-19-24(29(30,31)32)25(36-27)12-7-20-5-4-6-21(18-20)26(33)39/h4-6,8-11,18-19H,2-3,7,12-17H2,1H3,(H2,33,39)(H,34,35,36). The van der Waals surface area contributed by atoms with E-state index in [2.05, 4.69) is 20.2 Å². The van der Waals surface area contributed by atoms with Gasteiger partial charge in [0.1, 0.15) is 0 Å². The molecule has 0 radical (unpaired) electrons. The van der Waals surface area contributed by atoms with Gasteiger partial charge < -0.3 is 25.6 Å². The van der Waals surface area contributed by atoms with Crippen molar-refractivity contribution in [1.82, 2.24) is 14.9 Å². The Kier molecular flexibility index (Phi) is 9.64. The topological polar surface area (TPSA) is 114 Å². The minimum Gasteiger partial charge on any atom is -0.449 e. The zero-order chi connectivity index (χ0) is 29.4. The highest BCUT2D eigenvalue weighted by atomic mass is 19.4. The summed E-state index contributed by atoms with van der Waals surface area (Å²) in [5.74, 6) is -0.561. The lowest BCUT2D eigenvalue weighted by atomic mass is 10.0. The van der Waals surface area contributed by atoms with Crippen molar-refractivity contribution in [3.63, 3.8) is 0 Å². The van der Waals surface area contributed by atoms with E-state index in [4.69, 9.17) is 10.5 Å². The van der Waals surface area contributed by atoms with E-state index in [1.165, 1.54) is 0 Å². The number of primary amides is 1. The SMILES string of the molecule is CCCCOC(=O)N1CCN(c2ccc(Nc3ncc(C(F)(F)F)c(CCc4cccc(C(N)=O)c4)n3)cc2)CC1. The lowest BCUT2D eigenvalue weighted by Gasteiger charge is -2.35. The number of carbonyl (C=O) groups excluding carboxylic acids is 2. The third-order valence-corrected chi connectivity index (χ3v) is 6.78. The highest BCUT2D eigenvalue weighted by Gasteiger charge is 2.35. The number of nitrogens with one attached hydrogen (secondary N) is 1. The number of piperazine rings is 1. The minimum atomic E-state index is -4.61. The number of ether oxygens (including phenoxy) is 1. The Bertz CT molecular complexity index is 1340. The van der Waals surface area contributed by atoms with E-state index in [0.717, 1.165) is 24.7 Å². The zero-order valence-corrected chi connectivity index (χ0v) is 22.8. The van der Waals surface area contributed by atoms with E-state index in [0.29, 0.717) is 49.6 Å². The number of nitrogens with two attached hydrogens (primary N) is 1. The van der Waals surface area contributed by atoms with E-state index in [1.807, 2.05) is 19.1 Å². The maximum absolute atomic E-state index is 13.7. The molecule has 12 heteroatoms. The molecule has 1 aromatic heterocycles. The molecule has 1 aliphatic rings. The Morgan fingerprint density at radius 1 is 1.05 bits per heavy atom. The molecule has 0 spiro atoms. The summed E-state index contributed by atoms with van der Waals surface area (Å²) in [4.78, 5) is 35.5. The van der Waals surface area contributed by atoms with Crippen LogP contribution in [0.5, 0.6) is 0 Å². The first-order chi connectivity index (χ1) is 19.6. The lowest BCUT2D eigenvalue weighted by molar-refractivity contribution is -0.138. The van der Waals surface area contributed by atoms with Crippen molar-refractivity contribution in [3.05, 3.63) is 77.1 Å². The van der Waals surface area contributed by atoms with Gasteiger partial charge in [-0.05, 0) is 61.2 Å². The fraction of sp³-hybridized carbons (Fsp3) is 0.379. The Labute approximate surface area is 236 Å². The molecule has 3 aromatic rings. The molecule has 218 valence electrons. The van der Waals surface area contributed by atoms with Crippen LogP contribution in [0.3, 0.4) is 0 Å². The zero-order valence-electron chi connectivity index (χ0n) is 22.8. The van der Waals surface area contributed by atoms with Crippen LogP contribution in [0.15, 0.2) is 54.7 Å². The van der Waals surface area contributed by atoms with Crippen molar-refractivity contribution in [2.24, 2.45) is 5.73 Å². The second-order valence-corrected chi connectivity index (χ2v) is 9.73. The van der Waals surface area contributed by atoms with E-state index in [-0.39, 0.29) is 30.6 Å². The number of unbranched alkanes of at least 4 members (excludes halogenated alkanes) is 1. The number of halogens is 3. The molecule has 2 aromatic carbocycles. The summed E-state index contributed by atoms with van der Waals surface area (Å²) in [5, 5.41) is 2.98. The van der Waals surface area contributed by atoms with Crippen LogP contribution in [0, 0.1) is 0 Å². The van der Waals surface area contributed by atoms with E-state index < -0.39 is 17.6 Å². The van der Waals surface area contributed by atoms with Crippen molar-refractivity contribution >= 4 is 29.3 Å². The number of amides is 2. The predicted octanol–water partition coefficient (Wildman–Crippen LogP) is 5.18. The highest BCUT2D eigenvalue weighted by molar-refractivity contribution is 5.92. The quantitative estimate of drug-likeness (QED) is 0.323. The molecule has 1 saturated heterocycles. The molecular weight excluding hydrogens is 537 g/mol. The van der Waals surface area contributed by atoms with Crippen LogP contribution in [0.4, 0.5) is 35.3 Å². The second kappa shape index (κ2) is 13.3. The van der Waals surface area contributed by atoms with Crippen LogP contribution >= 0.6 is 0 Å². The third kappa shape index (κ3) is 8.09. The van der Waals surface area contributed by atoms with Crippen LogP contribution < -0.4 is 16.0 Å². The molecule has 9 nitrogen and oxygen atoms in total.